The summed E-state index contributed by atoms with van der Waals surface area (Å²) in [6.45, 7) is 2.28. The van der Waals surface area contributed by atoms with Crippen molar-refractivity contribution in [1.29, 1.82) is 0 Å². The Morgan fingerprint density at radius 3 is 2.61 bits per heavy atom. The Balaban J connectivity index is 1.75. The summed E-state index contributed by atoms with van der Waals surface area (Å²) in [7, 11) is 1.74. The molecule has 1 amide bonds. The first-order valence-corrected chi connectivity index (χ1v) is 8.75. The van der Waals surface area contributed by atoms with Crippen molar-refractivity contribution in [1.82, 2.24) is 9.88 Å². The molecule has 1 aliphatic carbocycles. The second kappa shape index (κ2) is 6.65. The fraction of sp³-hybridized carbons (Fsp3) is 0.647. The van der Waals surface area contributed by atoms with Gasteiger partial charge < -0.3 is 14.9 Å². The summed E-state index contributed by atoms with van der Waals surface area (Å²) in [5.74, 6) is 0.654. The number of nitrogens with zero attached hydrogens (tertiary/aromatic N) is 3. The van der Waals surface area contributed by atoms with E-state index < -0.39 is 5.60 Å². The third-order valence-corrected chi connectivity index (χ3v) is 5.06. The molecule has 6 heteroatoms. The van der Waals surface area contributed by atoms with Crippen LogP contribution in [0.4, 0.5) is 5.82 Å². The number of hydrogen-bond donors (Lipinski definition) is 1. The average molecular weight is 338 g/mol. The zero-order chi connectivity index (χ0) is 16.4. The van der Waals surface area contributed by atoms with Gasteiger partial charge in [-0.25, -0.2) is 4.98 Å². The number of pyridine rings is 1. The van der Waals surface area contributed by atoms with E-state index in [1.807, 2.05) is 6.07 Å². The molecule has 23 heavy (non-hydrogen) atoms. The van der Waals surface area contributed by atoms with E-state index in [-0.39, 0.29) is 5.91 Å². The van der Waals surface area contributed by atoms with Gasteiger partial charge in [-0.2, -0.15) is 0 Å². The van der Waals surface area contributed by atoms with Gasteiger partial charge in [0.2, 0.25) is 0 Å². The molecule has 126 valence electrons. The Labute approximate surface area is 142 Å². The highest BCUT2D eigenvalue weighted by Gasteiger charge is 2.33. The highest BCUT2D eigenvalue weighted by Crippen LogP contribution is 2.30. The van der Waals surface area contributed by atoms with Crippen LogP contribution < -0.4 is 4.90 Å². The maximum absolute atomic E-state index is 12.7. The molecule has 0 aromatic carbocycles. The predicted molar refractivity (Wildman–Crippen MR) is 91.1 cm³/mol. The predicted octanol–water partition coefficient (Wildman–Crippen LogP) is 2.71. The molecular formula is C17H24ClN3O2. The minimum absolute atomic E-state index is 0.116. The Morgan fingerprint density at radius 1 is 1.30 bits per heavy atom. The molecule has 1 aromatic heterocycles. The molecular weight excluding hydrogens is 314 g/mol. The van der Waals surface area contributed by atoms with Gasteiger partial charge in [0, 0.05) is 32.2 Å². The van der Waals surface area contributed by atoms with E-state index in [2.05, 4.69) is 9.88 Å². The van der Waals surface area contributed by atoms with Crippen LogP contribution in [0.3, 0.4) is 0 Å². The van der Waals surface area contributed by atoms with Gasteiger partial charge in [0.15, 0.2) is 0 Å². The largest absolute Gasteiger partial charge is 0.388 e. The Bertz CT molecular complexity index is 581. The van der Waals surface area contributed by atoms with Crippen molar-refractivity contribution >= 4 is 23.3 Å². The lowest BCUT2D eigenvalue weighted by Crippen LogP contribution is -2.42. The SMILES string of the molecule is CN(CC1(O)CCCC1)C(=O)c1cc(Cl)nc(N2CCCC2)c1. The molecule has 0 unspecified atom stereocenters. The van der Waals surface area contributed by atoms with E-state index in [0.29, 0.717) is 17.3 Å². The summed E-state index contributed by atoms with van der Waals surface area (Å²) < 4.78 is 0. The molecule has 1 saturated carbocycles. The van der Waals surface area contributed by atoms with Crippen molar-refractivity contribution in [3.05, 3.63) is 22.8 Å². The van der Waals surface area contributed by atoms with E-state index in [9.17, 15) is 9.90 Å². The lowest BCUT2D eigenvalue weighted by Gasteiger charge is -2.29. The minimum Gasteiger partial charge on any atom is -0.388 e. The summed E-state index contributed by atoms with van der Waals surface area (Å²) in [4.78, 5) is 20.8. The van der Waals surface area contributed by atoms with Gasteiger partial charge in [-0.15, -0.1) is 0 Å². The van der Waals surface area contributed by atoms with Crippen LogP contribution in [0.15, 0.2) is 12.1 Å². The third kappa shape index (κ3) is 3.78. The zero-order valence-corrected chi connectivity index (χ0v) is 14.3. The molecule has 2 heterocycles. The lowest BCUT2D eigenvalue weighted by molar-refractivity contribution is 0.0157. The average Bonchev–Trinajstić information content (AvgIpc) is 3.17. The van der Waals surface area contributed by atoms with Crippen molar-refractivity contribution in [2.45, 2.75) is 44.1 Å². The Morgan fingerprint density at radius 2 is 1.96 bits per heavy atom. The van der Waals surface area contributed by atoms with Crippen LogP contribution in [0.25, 0.3) is 0 Å². The van der Waals surface area contributed by atoms with Crippen LogP contribution in [0.5, 0.6) is 0 Å². The number of likely N-dealkylation sites (N-methyl/N-ethyl adjacent to an activating group) is 1. The maximum Gasteiger partial charge on any atom is 0.253 e. The molecule has 1 aliphatic heterocycles. The number of anilines is 1. The van der Waals surface area contributed by atoms with Crippen molar-refractivity contribution < 1.29 is 9.90 Å². The van der Waals surface area contributed by atoms with Gasteiger partial charge in [0.1, 0.15) is 11.0 Å². The monoisotopic (exact) mass is 337 g/mol. The van der Waals surface area contributed by atoms with Crippen molar-refractivity contribution in [2.24, 2.45) is 0 Å². The highest BCUT2D eigenvalue weighted by molar-refractivity contribution is 6.29. The number of rotatable bonds is 4. The van der Waals surface area contributed by atoms with Crippen LogP contribution >= 0.6 is 11.6 Å². The van der Waals surface area contributed by atoms with Gasteiger partial charge in [-0.1, -0.05) is 24.4 Å². The van der Waals surface area contributed by atoms with E-state index in [4.69, 9.17) is 11.6 Å². The van der Waals surface area contributed by atoms with Crippen LogP contribution in [0.2, 0.25) is 5.15 Å². The zero-order valence-electron chi connectivity index (χ0n) is 13.6. The first kappa shape index (κ1) is 16.5. The maximum atomic E-state index is 12.7. The number of hydrogen-bond acceptors (Lipinski definition) is 4. The van der Waals surface area contributed by atoms with E-state index in [0.717, 1.165) is 57.4 Å². The quantitative estimate of drug-likeness (QED) is 0.858. The molecule has 3 rings (SSSR count). The summed E-state index contributed by atoms with van der Waals surface area (Å²) in [5, 5.41) is 10.8. The molecule has 1 saturated heterocycles. The molecule has 2 fully saturated rings. The fourth-order valence-corrected chi connectivity index (χ4v) is 3.84. The van der Waals surface area contributed by atoms with E-state index >= 15 is 0 Å². The Hall–Kier alpha value is -1.33. The fourth-order valence-electron chi connectivity index (χ4n) is 3.64. The number of amides is 1. The van der Waals surface area contributed by atoms with Crippen LogP contribution in [-0.4, -0.2) is 53.2 Å². The van der Waals surface area contributed by atoms with E-state index in [1.165, 1.54) is 0 Å². The Kier molecular flexibility index (Phi) is 4.78. The molecule has 5 nitrogen and oxygen atoms in total. The first-order chi connectivity index (χ1) is 11.0. The van der Waals surface area contributed by atoms with Gasteiger partial charge in [-0.05, 0) is 37.8 Å². The van der Waals surface area contributed by atoms with Gasteiger partial charge in [-0.3, -0.25) is 4.79 Å². The second-order valence-electron chi connectivity index (χ2n) is 6.82. The standard InChI is InChI=1S/C17H24ClN3O2/c1-20(12-17(23)6-2-3-7-17)16(22)13-10-14(18)19-15(11-13)21-8-4-5-9-21/h10-11,23H,2-9,12H2,1H3. The second-order valence-corrected chi connectivity index (χ2v) is 7.21. The summed E-state index contributed by atoms with van der Waals surface area (Å²) in [6, 6.07) is 3.42. The number of halogens is 1. The van der Waals surface area contributed by atoms with Gasteiger partial charge >= 0.3 is 0 Å². The molecule has 2 aliphatic rings. The van der Waals surface area contributed by atoms with Gasteiger partial charge in [0.25, 0.3) is 5.91 Å². The molecule has 0 radical (unpaired) electrons. The van der Waals surface area contributed by atoms with Crippen LogP contribution in [0.1, 0.15) is 48.9 Å². The molecule has 0 bridgehead atoms. The summed E-state index contributed by atoms with van der Waals surface area (Å²) >= 11 is 6.12. The topological polar surface area (TPSA) is 56.7 Å². The van der Waals surface area contributed by atoms with E-state index in [1.54, 1.807) is 18.0 Å². The first-order valence-electron chi connectivity index (χ1n) is 8.37. The van der Waals surface area contributed by atoms with Gasteiger partial charge in [0.05, 0.1) is 5.60 Å². The number of aliphatic hydroxyl groups is 1. The molecule has 1 N–H and O–H groups in total. The summed E-state index contributed by atoms with van der Waals surface area (Å²) in [6.07, 6.45) is 5.87. The van der Waals surface area contributed by atoms with Crippen LogP contribution in [-0.2, 0) is 0 Å². The van der Waals surface area contributed by atoms with Crippen molar-refractivity contribution in [3.63, 3.8) is 0 Å². The number of carbonyl (C=O) groups is 1. The normalized spacial score (nSPS) is 20.0. The van der Waals surface area contributed by atoms with Crippen molar-refractivity contribution in [2.75, 3.05) is 31.6 Å². The number of aromatic nitrogens is 1. The summed E-state index contributed by atoms with van der Waals surface area (Å²) in [5.41, 5.74) is -0.199. The number of carbonyl (C=O) groups excluding carboxylic acids is 1. The van der Waals surface area contributed by atoms with Crippen molar-refractivity contribution in [3.8, 4) is 0 Å². The van der Waals surface area contributed by atoms with Crippen LogP contribution in [0, 0.1) is 0 Å². The third-order valence-electron chi connectivity index (χ3n) is 4.87. The lowest BCUT2D eigenvalue weighted by atomic mass is 10.0. The molecule has 1 aromatic rings. The smallest absolute Gasteiger partial charge is 0.253 e. The highest BCUT2D eigenvalue weighted by atomic mass is 35.5. The molecule has 0 atom stereocenters. The molecule has 0 spiro atoms. The minimum atomic E-state index is -0.737.